The Morgan fingerprint density at radius 3 is 2.45 bits per heavy atom. The van der Waals surface area contributed by atoms with Crippen LogP contribution in [0.5, 0.6) is 0 Å². The number of nitrogens with zero attached hydrogens (tertiary/aromatic N) is 3. The van der Waals surface area contributed by atoms with Crippen molar-refractivity contribution >= 4 is 27.7 Å². The smallest absolute Gasteiger partial charge is 0.258 e. The maximum atomic E-state index is 13.3. The van der Waals surface area contributed by atoms with Gasteiger partial charge in [0.25, 0.3) is 11.8 Å². The minimum atomic E-state index is -3.39. The number of rotatable bonds is 6. The zero-order valence-corrected chi connectivity index (χ0v) is 23.8. The molecule has 1 aliphatic carbocycles. The number of likely N-dealkylation sites (tertiary alicyclic amines) is 1. The fraction of sp³-hybridized carbons (Fsp3) is 0.448. The fourth-order valence-electron chi connectivity index (χ4n) is 5.30. The van der Waals surface area contributed by atoms with E-state index in [4.69, 9.17) is 0 Å². The highest BCUT2D eigenvalue weighted by Gasteiger charge is 2.33. The number of hydrogen-bond donors (Lipinski definition) is 1. The molecular formula is C29H38N4O4S. The molecule has 0 radical (unpaired) electrons. The highest BCUT2D eigenvalue weighted by molar-refractivity contribution is 7.91. The Balaban J connectivity index is 1.65. The highest BCUT2D eigenvalue weighted by Crippen LogP contribution is 2.35. The predicted octanol–water partition coefficient (Wildman–Crippen LogP) is 3.40. The van der Waals surface area contributed by atoms with Crippen LogP contribution in [0.3, 0.4) is 0 Å². The molecule has 0 bridgehead atoms. The molecule has 0 unspecified atom stereocenters. The highest BCUT2D eigenvalue weighted by atomic mass is 32.2. The van der Waals surface area contributed by atoms with E-state index in [1.807, 2.05) is 50.0 Å². The summed E-state index contributed by atoms with van der Waals surface area (Å²) in [6, 6.07) is 0. The molecule has 4 rings (SSSR count). The predicted molar refractivity (Wildman–Crippen MR) is 151 cm³/mol. The van der Waals surface area contributed by atoms with Crippen molar-refractivity contribution in [1.82, 2.24) is 19.7 Å². The van der Waals surface area contributed by atoms with Crippen LogP contribution in [0.2, 0.25) is 0 Å². The summed E-state index contributed by atoms with van der Waals surface area (Å²) < 4.78 is 25.9. The molecule has 38 heavy (non-hydrogen) atoms. The van der Waals surface area contributed by atoms with E-state index in [9.17, 15) is 18.0 Å². The molecule has 1 aromatic heterocycles. The summed E-state index contributed by atoms with van der Waals surface area (Å²) in [6.07, 6.45) is 12.6. The van der Waals surface area contributed by atoms with Gasteiger partial charge in [-0.25, -0.2) is 8.42 Å². The molecule has 2 saturated heterocycles. The number of hydrogen-bond acceptors (Lipinski definition) is 5. The maximum absolute atomic E-state index is 13.3. The molecule has 3 heterocycles. The number of aromatic nitrogens is 1. The van der Waals surface area contributed by atoms with Crippen molar-refractivity contribution < 1.29 is 18.0 Å². The summed E-state index contributed by atoms with van der Waals surface area (Å²) in [4.78, 5) is 35.5. The Labute approximate surface area is 226 Å². The SMILES string of the molecule is CC=C1C(=C\CS(=O)(=O)CC2=CC=CCC2)/C(=C/c2[nH]c(C)c(C(=O)N3CCN(C)CC3)c2C)C(=O)N1C. The van der Waals surface area contributed by atoms with Crippen LogP contribution in [0, 0.1) is 13.8 Å². The number of piperazine rings is 1. The number of carbonyl (C=O) groups is 2. The van der Waals surface area contributed by atoms with E-state index >= 15 is 0 Å². The van der Waals surface area contributed by atoms with Gasteiger partial charge in [0.2, 0.25) is 0 Å². The van der Waals surface area contributed by atoms with Gasteiger partial charge >= 0.3 is 0 Å². The Hall–Kier alpha value is -3.17. The van der Waals surface area contributed by atoms with Gasteiger partial charge in [0.05, 0.1) is 22.6 Å². The standard InChI is InChI=1S/C29H38N4O4S/c1-6-26-23(12-17-38(36,37)19-22-10-8-7-9-11-22)24(28(34)32(26)5)18-25-20(2)27(21(3)30-25)29(35)33-15-13-31(4)14-16-33/h6-8,10,12,18,30H,9,11,13-17,19H2,1-5H3/b23-12-,24-18-,26-6?. The molecule has 1 aromatic rings. The van der Waals surface area contributed by atoms with Gasteiger partial charge in [0.15, 0.2) is 9.84 Å². The number of sulfone groups is 1. The normalized spacial score (nSPS) is 22.3. The van der Waals surface area contributed by atoms with Crippen molar-refractivity contribution in [3.63, 3.8) is 0 Å². The van der Waals surface area contributed by atoms with Gasteiger partial charge in [0, 0.05) is 55.9 Å². The zero-order chi connectivity index (χ0) is 27.6. The molecule has 204 valence electrons. The van der Waals surface area contributed by atoms with E-state index in [1.54, 1.807) is 24.1 Å². The van der Waals surface area contributed by atoms with E-state index in [-0.39, 0.29) is 23.3 Å². The fourth-order valence-corrected chi connectivity index (χ4v) is 6.65. The molecule has 9 heteroatoms. The van der Waals surface area contributed by atoms with Crippen molar-refractivity contribution in [3.05, 3.63) is 75.3 Å². The molecular weight excluding hydrogens is 500 g/mol. The third kappa shape index (κ3) is 5.78. The number of aromatic amines is 1. The molecule has 2 fully saturated rings. The van der Waals surface area contributed by atoms with E-state index in [2.05, 4.69) is 16.9 Å². The summed E-state index contributed by atoms with van der Waals surface area (Å²) in [5.41, 5.74) is 5.45. The quantitative estimate of drug-likeness (QED) is 0.561. The van der Waals surface area contributed by atoms with Gasteiger partial charge < -0.3 is 19.7 Å². The molecule has 0 atom stereocenters. The van der Waals surface area contributed by atoms with Crippen molar-refractivity contribution in [2.45, 2.75) is 33.6 Å². The molecule has 1 N–H and O–H groups in total. The van der Waals surface area contributed by atoms with Crippen LogP contribution in [-0.4, -0.2) is 91.7 Å². The largest absolute Gasteiger partial charge is 0.358 e. The van der Waals surface area contributed by atoms with E-state index < -0.39 is 9.84 Å². The number of carbonyl (C=O) groups excluding carboxylic acids is 2. The lowest BCUT2D eigenvalue weighted by atomic mass is 10.0. The molecule has 3 aliphatic rings. The zero-order valence-electron chi connectivity index (χ0n) is 23.0. The topological polar surface area (TPSA) is 93.8 Å². The van der Waals surface area contributed by atoms with Crippen LogP contribution < -0.4 is 0 Å². The third-order valence-electron chi connectivity index (χ3n) is 7.55. The Bertz CT molecular complexity index is 1380. The second-order valence-electron chi connectivity index (χ2n) is 10.3. The Morgan fingerprint density at radius 2 is 1.82 bits per heavy atom. The minimum absolute atomic E-state index is 0.00766. The van der Waals surface area contributed by atoms with E-state index in [0.717, 1.165) is 42.8 Å². The number of allylic oxidation sites excluding steroid dienone is 5. The van der Waals surface area contributed by atoms with Crippen LogP contribution in [-0.2, 0) is 14.6 Å². The van der Waals surface area contributed by atoms with Gasteiger partial charge in [-0.3, -0.25) is 9.59 Å². The summed E-state index contributed by atoms with van der Waals surface area (Å²) in [6.45, 7) is 8.62. The summed E-state index contributed by atoms with van der Waals surface area (Å²) in [7, 11) is 0.346. The van der Waals surface area contributed by atoms with Crippen LogP contribution >= 0.6 is 0 Å². The van der Waals surface area contributed by atoms with E-state index in [0.29, 0.717) is 41.2 Å². The Kier molecular flexibility index (Phi) is 8.28. The van der Waals surface area contributed by atoms with Gasteiger partial charge in [-0.05, 0) is 52.3 Å². The van der Waals surface area contributed by atoms with Crippen LogP contribution in [0.4, 0.5) is 0 Å². The van der Waals surface area contributed by atoms with Gasteiger partial charge in [-0.1, -0.05) is 36.0 Å². The Morgan fingerprint density at radius 1 is 1.11 bits per heavy atom. The van der Waals surface area contributed by atoms with Crippen LogP contribution in [0.25, 0.3) is 6.08 Å². The maximum Gasteiger partial charge on any atom is 0.258 e. The molecule has 0 saturated carbocycles. The lowest BCUT2D eigenvalue weighted by Crippen LogP contribution is -2.47. The lowest BCUT2D eigenvalue weighted by Gasteiger charge is -2.32. The number of likely N-dealkylation sites (N-methyl/N-ethyl adjacent to an activating group) is 2. The average Bonchev–Trinajstić information content (AvgIpc) is 3.29. The van der Waals surface area contributed by atoms with Gasteiger partial charge in [-0.2, -0.15) is 0 Å². The van der Waals surface area contributed by atoms with E-state index in [1.165, 1.54) is 0 Å². The van der Waals surface area contributed by atoms with Crippen molar-refractivity contribution in [2.24, 2.45) is 0 Å². The number of H-pyrrole nitrogens is 1. The second-order valence-corrected chi connectivity index (χ2v) is 12.4. The first kappa shape index (κ1) is 27.9. The third-order valence-corrected chi connectivity index (χ3v) is 9.04. The molecule has 8 nitrogen and oxygen atoms in total. The van der Waals surface area contributed by atoms with Crippen molar-refractivity contribution in [2.75, 3.05) is 51.8 Å². The monoisotopic (exact) mass is 538 g/mol. The lowest BCUT2D eigenvalue weighted by molar-refractivity contribution is -0.122. The molecule has 2 amide bonds. The number of aryl methyl sites for hydroxylation is 1. The van der Waals surface area contributed by atoms with Crippen molar-refractivity contribution in [1.29, 1.82) is 0 Å². The summed E-state index contributed by atoms with van der Waals surface area (Å²) in [5.74, 6) is -0.358. The second kappa shape index (κ2) is 11.3. The first-order valence-corrected chi connectivity index (χ1v) is 14.9. The van der Waals surface area contributed by atoms with Gasteiger partial charge in [-0.15, -0.1) is 0 Å². The minimum Gasteiger partial charge on any atom is -0.358 e. The van der Waals surface area contributed by atoms with Crippen molar-refractivity contribution in [3.8, 4) is 0 Å². The molecule has 2 aliphatic heterocycles. The van der Waals surface area contributed by atoms with Crippen LogP contribution in [0.1, 0.15) is 47.1 Å². The molecule has 0 aromatic carbocycles. The summed E-state index contributed by atoms with van der Waals surface area (Å²) >= 11 is 0. The first-order valence-electron chi connectivity index (χ1n) is 13.1. The average molecular weight is 539 g/mol. The first-order chi connectivity index (χ1) is 18.0. The molecule has 0 spiro atoms. The van der Waals surface area contributed by atoms with Gasteiger partial charge in [0.1, 0.15) is 0 Å². The van der Waals surface area contributed by atoms with Crippen LogP contribution in [0.15, 0.2) is 52.8 Å². The number of nitrogens with one attached hydrogen (secondary N) is 1. The summed E-state index contributed by atoms with van der Waals surface area (Å²) in [5, 5.41) is 0. The number of amides is 2.